The zero-order valence-corrected chi connectivity index (χ0v) is 17.5. The quantitative estimate of drug-likeness (QED) is 0.592. The van der Waals surface area contributed by atoms with Gasteiger partial charge >= 0.3 is 0 Å². The first-order valence-electron chi connectivity index (χ1n) is 10.9. The molecule has 1 saturated heterocycles. The minimum absolute atomic E-state index is 0.0765. The van der Waals surface area contributed by atoms with Crippen LogP contribution in [0.2, 0.25) is 0 Å². The molecule has 4 nitrogen and oxygen atoms in total. The number of amides is 2. The van der Waals surface area contributed by atoms with Crippen LogP contribution in [0.4, 0.5) is 5.69 Å². The zero-order chi connectivity index (χ0) is 21.3. The zero-order valence-electron chi connectivity index (χ0n) is 17.5. The van der Waals surface area contributed by atoms with Gasteiger partial charge in [0, 0.05) is 11.8 Å². The Morgan fingerprint density at radius 3 is 1.94 bits per heavy atom. The number of carbonyl (C=O) groups excluding carboxylic acids is 2. The van der Waals surface area contributed by atoms with Crippen molar-refractivity contribution in [2.24, 2.45) is 11.8 Å². The molecular formula is C27H23NO3. The number of imide groups is 1. The number of benzene rings is 3. The summed E-state index contributed by atoms with van der Waals surface area (Å²) in [5, 5.41) is 0. The lowest BCUT2D eigenvalue weighted by molar-refractivity contribution is -0.122. The lowest BCUT2D eigenvalue weighted by Gasteiger charge is -2.46. The summed E-state index contributed by atoms with van der Waals surface area (Å²) in [4.78, 5) is 28.9. The van der Waals surface area contributed by atoms with Gasteiger partial charge in [0.1, 0.15) is 5.75 Å². The molecule has 3 aliphatic carbocycles. The standard InChI is InChI=1S/C27H23NO3/c1-3-15-8-13-20-21(14-15)23-19-7-5-4-6-18(19)22(20)24-25(23)27(30)28(26(24)29)16-9-11-17(31-2)12-10-16/h4-14,22-25H,3H2,1-2H3. The molecule has 1 aliphatic heterocycles. The number of carbonyl (C=O) groups is 2. The number of ether oxygens (including phenoxy) is 1. The fourth-order valence-corrected chi connectivity index (χ4v) is 5.98. The number of hydrogen-bond donors (Lipinski definition) is 0. The number of methoxy groups -OCH3 is 1. The molecule has 1 fully saturated rings. The Bertz CT molecular complexity index is 1230. The Hall–Kier alpha value is -3.40. The molecule has 0 saturated carbocycles. The van der Waals surface area contributed by atoms with E-state index in [2.05, 4.69) is 37.3 Å². The minimum Gasteiger partial charge on any atom is -0.497 e. The van der Waals surface area contributed by atoms with E-state index in [1.807, 2.05) is 12.1 Å². The van der Waals surface area contributed by atoms with Gasteiger partial charge < -0.3 is 4.74 Å². The van der Waals surface area contributed by atoms with Crippen molar-refractivity contribution >= 4 is 17.5 Å². The second-order valence-corrected chi connectivity index (χ2v) is 8.66. The monoisotopic (exact) mass is 409 g/mol. The number of anilines is 1. The van der Waals surface area contributed by atoms with E-state index < -0.39 is 0 Å². The maximum Gasteiger partial charge on any atom is 0.238 e. The highest BCUT2D eigenvalue weighted by molar-refractivity contribution is 6.23. The number of aryl methyl sites for hydroxylation is 1. The number of nitrogens with zero attached hydrogens (tertiary/aromatic N) is 1. The summed E-state index contributed by atoms with van der Waals surface area (Å²) < 4.78 is 5.24. The van der Waals surface area contributed by atoms with Crippen molar-refractivity contribution in [2.75, 3.05) is 12.0 Å². The van der Waals surface area contributed by atoms with Crippen LogP contribution in [0.3, 0.4) is 0 Å². The van der Waals surface area contributed by atoms with E-state index in [9.17, 15) is 9.59 Å². The van der Waals surface area contributed by atoms with Gasteiger partial charge in [-0.2, -0.15) is 0 Å². The van der Waals surface area contributed by atoms with Gasteiger partial charge in [-0.3, -0.25) is 9.59 Å². The van der Waals surface area contributed by atoms with Gasteiger partial charge in [-0.05, 0) is 58.5 Å². The van der Waals surface area contributed by atoms with Gasteiger partial charge in [-0.1, -0.05) is 49.4 Å². The van der Waals surface area contributed by atoms with E-state index in [4.69, 9.17) is 4.74 Å². The third-order valence-electron chi connectivity index (χ3n) is 7.34. The van der Waals surface area contributed by atoms with E-state index in [1.165, 1.54) is 32.7 Å². The average molecular weight is 409 g/mol. The molecule has 0 radical (unpaired) electrons. The molecular weight excluding hydrogens is 386 g/mol. The maximum atomic E-state index is 13.7. The topological polar surface area (TPSA) is 46.6 Å². The van der Waals surface area contributed by atoms with Gasteiger partial charge in [0.2, 0.25) is 11.8 Å². The molecule has 3 aromatic carbocycles. The van der Waals surface area contributed by atoms with Gasteiger partial charge in [0.15, 0.2) is 0 Å². The van der Waals surface area contributed by atoms with Crippen molar-refractivity contribution in [1.82, 2.24) is 0 Å². The van der Waals surface area contributed by atoms with Crippen molar-refractivity contribution < 1.29 is 14.3 Å². The molecule has 0 aromatic heterocycles. The Kier molecular flexibility index (Phi) is 3.88. The molecule has 4 unspecified atom stereocenters. The highest BCUT2D eigenvalue weighted by Crippen LogP contribution is 2.61. The predicted molar refractivity (Wildman–Crippen MR) is 118 cm³/mol. The summed E-state index contributed by atoms with van der Waals surface area (Å²) in [5.74, 6) is -0.331. The molecule has 7 rings (SSSR count). The van der Waals surface area contributed by atoms with Crippen LogP contribution >= 0.6 is 0 Å². The van der Waals surface area contributed by atoms with E-state index in [0.29, 0.717) is 11.4 Å². The maximum absolute atomic E-state index is 13.7. The van der Waals surface area contributed by atoms with Crippen molar-refractivity contribution in [3.63, 3.8) is 0 Å². The number of rotatable bonds is 3. The molecule has 31 heavy (non-hydrogen) atoms. The van der Waals surface area contributed by atoms with Gasteiger partial charge in [0.05, 0.1) is 24.6 Å². The molecule has 4 aliphatic rings. The fraction of sp³-hybridized carbons (Fsp3) is 0.259. The molecule has 1 heterocycles. The van der Waals surface area contributed by atoms with E-state index in [0.717, 1.165) is 6.42 Å². The summed E-state index contributed by atoms with van der Waals surface area (Å²) in [6.07, 6.45) is 0.950. The molecule has 3 aromatic rings. The third kappa shape index (κ3) is 2.36. The molecule has 0 N–H and O–H groups in total. The first kappa shape index (κ1) is 18.4. The van der Waals surface area contributed by atoms with Crippen LogP contribution in [-0.4, -0.2) is 18.9 Å². The fourth-order valence-electron chi connectivity index (χ4n) is 5.98. The van der Waals surface area contributed by atoms with Crippen molar-refractivity contribution in [1.29, 1.82) is 0 Å². The SMILES string of the molecule is CCc1ccc2c(c1)C1c3ccccc3C2C2C(=O)N(c3ccc(OC)cc3)C(=O)C12. The van der Waals surface area contributed by atoms with Crippen LogP contribution in [0, 0.1) is 11.8 Å². The van der Waals surface area contributed by atoms with Crippen LogP contribution in [-0.2, 0) is 16.0 Å². The molecule has 2 bridgehead atoms. The Morgan fingerprint density at radius 1 is 0.774 bits per heavy atom. The smallest absolute Gasteiger partial charge is 0.238 e. The number of hydrogen-bond acceptors (Lipinski definition) is 3. The lowest BCUT2D eigenvalue weighted by Crippen LogP contribution is -2.41. The van der Waals surface area contributed by atoms with Crippen LogP contribution < -0.4 is 9.64 Å². The summed E-state index contributed by atoms with van der Waals surface area (Å²) in [6, 6.07) is 22.1. The summed E-state index contributed by atoms with van der Waals surface area (Å²) in [7, 11) is 1.60. The largest absolute Gasteiger partial charge is 0.497 e. The summed E-state index contributed by atoms with van der Waals surface area (Å²) in [5.41, 5.74) is 6.72. The molecule has 0 spiro atoms. The van der Waals surface area contributed by atoms with Gasteiger partial charge in [-0.25, -0.2) is 4.90 Å². The van der Waals surface area contributed by atoms with Crippen molar-refractivity contribution in [3.8, 4) is 5.75 Å². The van der Waals surface area contributed by atoms with Crippen LogP contribution in [0.5, 0.6) is 5.75 Å². The lowest BCUT2D eigenvalue weighted by atomic mass is 9.55. The van der Waals surface area contributed by atoms with Crippen LogP contribution in [0.25, 0.3) is 0 Å². The van der Waals surface area contributed by atoms with Gasteiger partial charge in [-0.15, -0.1) is 0 Å². The van der Waals surface area contributed by atoms with Gasteiger partial charge in [0.25, 0.3) is 0 Å². The Morgan fingerprint density at radius 2 is 1.35 bits per heavy atom. The Labute approximate surface area is 181 Å². The van der Waals surface area contributed by atoms with E-state index in [-0.39, 0.29) is 35.5 Å². The van der Waals surface area contributed by atoms with Crippen molar-refractivity contribution in [3.05, 3.63) is 94.5 Å². The second kappa shape index (κ2) is 6.55. The first-order valence-corrected chi connectivity index (χ1v) is 10.9. The van der Waals surface area contributed by atoms with E-state index in [1.54, 1.807) is 31.4 Å². The molecule has 154 valence electrons. The summed E-state index contributed by atoms with van der Waals surface area (Å²) in [6.45, 7) is 2.15. The summed E-state index contributed by atoms with van der Waals surface area (Å²) >= 11 is 0. The van der Waals surface area contributed by atoms with Crippen LogP contribution in [0.15, 0.2) is 66.7 Å². The third-order valence-corrected chi connectivity index (χ3v) is 7.34. The second-order valence-electron chi connectivity index (χ2n) is 8.66. The highest BCUT2D eigenvalue weighted by atomic mass is 16.5. The first-order chi connectivity index (χ1) is 15.1. The highest BCUT2D eigenvalue weighted by Gasteiger charge is 2.61. The molecule has 4 heteroatoms. The van der Waals surface area contributed by atoms with Crippen molar-refractivity contribution in [2.45, 2.75) is 25.2 Å². The molecule has 2 amide bonds. The normalized spacial score (nSPS) is 25.3. The van der Waals surface area contributed by atoms with Crippen LogP contribution in [0.1, 0.15) is 46.6 Å². The average Bonchev–Trinajstić information content (AvgIpc) is 3.09. The van der Waals surface area contributed by atoms with E-state index >= 15 is 0 Å². The minimum atomic E-state index is -0.353. The Balaban J connectivity index is 1.53. The predicted octanol–water partition coefficient (Wildman–Crippen LogP) is 4.65. The molecule has 4 atom stereocenters.